The number of ether oxygens (including phenoxy) is 2. The molecule has 1 amide bonds. The van der Waals surface area contributed by atoms with E-state index in [9.17, 15) is 26.7 Å². The second-order valence-electron chi connectivity index (χ2n) is 6.40. The van der Waals surface area contributed by atoms with Crippen LogP contribution in [0.3, 0.4) is 0 Å². The first-order valence-corrected chi connectivity index (χ1v) is 9.66. The van der Waals surface area contributed by atoms with E-state index < -0.39 is 40.7 Å². The Morgan fingerprint density at radius 1 is 1.06 bits per heavy atom. The van der Waals surface area contributed by atoms with Crippen molar-refractivity contribution in [2.75, 3.05) is 18.7 Å². The zero-order valence-corrected chi connectivity index (χ0v) is 18.2. The summed E-state index contributed by atoms with van der Waals surface area (Å²) in [5.41, 5.74) is -1.18. The van der Waals surface area contributed by atoms with E-state index in [1.165, 1.54) is 32.3 Å². The van der Waals surface area contributed by atoms with Gasteiger partial charge in [0.05, 0.1) is 18.4 Å². The van der Waals surface area contributed by atoms with Crippen LogP contribution in [0.25, 0.3) is 6.08 Å². The number of methoxy groups -OCH3 is 1. The molecule has 0 radical (unpaired) electrons. The molecule has 1 aliphatic rings. The maximum Gasteiger partial charge on any atom is 0.280 e. The number of benzene rings is 2. The Balaban J connectivity index is 2.06. The van der Waals surface area contributed by atoms with E-state index in [1.807, 2.05) is 0 Å². The number of anilines is 1. The second-order valence-corrected chi connectivity index (χ2v) is 7.26. The molecule has 0 spiro atoms. The van der Waals surface area contributed by atoms with Crippen LogP contribution >= 0.6 is 15.9 Å². The number of carbonyl (C=O) groups is 1. The lowest BCUT2D eigenvalue weighted by molar-refractivity contribution is -0.114. The average Bonchev–Trinajstić information content (AvgIpc) is 3.04. The van der Waals surface area contributed by atoms with Crippen LogP contribution in [0.15, 0.2) is 39.9 Å². The van der Waals surface area contributed by atoms with Crippen molar-refractivity contribution < 1.29 is 36.2 Å². The van der Waals surface area contributed by atoms with Crippen LogP contribution in [-0.2, 0) is 4.79 Å². The van der Waals surface area contributed by atoms with E-state index in [2.05, 4.69) is 27.6 Å². The van der Waals surface area contributed by atoms with Crippen molar-refractivity contribution in [2.45, 2.75) is 6.92 Å². The van der Waals surface area contributed by atoms with Gasteiger partial charge in [0, 0.05) is 4.47 Å². The van der Waals surface area contributed by atoms with Crippen LogP contribution in [0.5, 0.6) is 11.5 Å². The number of carbonyl (C=O) groups excluding carboxylic acids is 1. The highest BCUT2D eigenvalue weighted by Crippen LogP contribution is 2.37. The lowest BCUT2D eigenvalue weighted by atomic mass is 10.1. The van der Waals surface area contributed by atoms with Crippen LogP contribution in [0.4, 0.5) is 27.6 Å². The molecule has 0 aromatic heterocycles. The van der Waals surface area contributed by atoms with Gasteiger partial charge in [-0.2, -0.15) is 10.1 Å². The van der Waals surface area contributed by atoms with Crippen LogP contribution in [-0.4, -0.2) is 25.3 Å². The minimum Gasteiger partial charge on any atom is -0.493 e. The lowest BCUT2D eigenvalue weighted by Gasteiger charge is -2.15. The van der Waals surface area contributed by atoms with E-state index >= 15 is 0 Å². The number of halogens is 6. The monoisotopic (exact) mass is 516 g/mol. The molecule has 32 heavy (non-hydrogen) atoms. The lowest BCUT2D eigenvalue weighted by Crippen LogP contribution is -2.25. The van der Waals surface area contributed by atoms with Gasteiger partial charge in [0.1, 0.15) is 12.3 Å². The summed E-state index contributed by atoms with van der Waals surface area (Å²) in [6.45, 7) is 5.12. The zero-order valence-electron chi connectivity index (χ0n) is 16.6. The Morgan fingerprint density at radius 3 is 2.22 bits per heavy atom. The van der Waals surface area contributed by atoms with Crippen molar-refractivity contribution in [3.8, 4) is 11.5 Å². The number of hydrazone groups is 1. The molecule has 0 aliphatic carbocycles. The molecular weight excluding hydrogens is 503 g/mol. The van der Waals surface area contributed by atoms with E-state index in [1.54, 1.807) is 6.07 Å². The molecule has 1 heterocycles. The van der Waals surface area contributed by atoms with Crippen molar-refractivity contribution in [1.29, 1.82) is 0 Å². The molecule has 168 valence electrons. The number of nitrogens with zero attached hydrogens (tertiary/aromatic N) is 2. The molecule has 5 nitrogen and oxygen atoms in total. The van der Waals surface area contributed by atoms with E-state index in [4.69, 9.17) is 9.47 Å². The van der Waals surface area contributed by atoms with Gasteiger partial charge < -0.3 is 9.47 Å². The first kappa shape index (κ1) is 23.5. The first-order chi connectivity index (χ1) is 15.1. The molecule has 3 rings (SSSR count). The third kappa shape index (κ3) is 3.99. The molecule has 11 heteroatoms. The smallest absolute Gasteiger partial charge is 0.280 e. The van der Waals surface area contributed by atoms with E-state index in [-0.39, 0.29) is 22.9 Å². The fourth-order valence-corrected chi connectivity index (χ4v) is 3.29. The highest BCUT2D eigenvalue weighted by Gasteiger charge is 2.37. The fourth-order valence-electron chi connectivity index (χ4n) is 2.85. The van der Waals surface area contributed by atoms with Crippen molar-refractivity contribution in [2.24, 2.45) is 5.10 Å². The Morgan fingerprint density at radius 2 is 1.66 bits per heavy atom. The molecule has 0 atom stereocenters. The molecule has 0 fully saturated rings. The van der Waals surface area contributed by atoms with Crippen molar-refractivity contribution in [3.05, 3.63) is 69.5 Å². The van der Waals surface area contributed by atoms with Gasteiger partial charge in [-0.3, -0.25) is 4.79 Å². The fraction of sp³-hybridized carbons (Fsp3) is 0.143. The Kier molecular flexibility index (Phi) is 6.68. The van der Waals surface area contributed by atoms with Gasteiger partial charge in [-0.25, -0.2) is 22.0 Å². The minimum atomic E-state index is -2.33. The zero-order chi connectivity index (χ0) is 23.7. The third-order valence-corrected chi connectivity index (χ3v) is 5.09. The molecule has 0 saturated heterocycles. The van der Waals surface area contributed by atoms with Gasteiger partial charge in [-0.05, 0) is 30.7 Å². The van der Waals surface area contributed by atoms with Gasteiger partial charge in [0.25, 0.3) is 5.91 Å². The number of amides is 1. The quantitative estimate of drug-likeness (QED) is 0.167. The molecular formula is C21H14BrF5N2O3. The summed E-state index contributed by atoms with van der Waals surface area (Å²) in [6, 6.07) is 3.10. The summed E-state index contributed by atoms with van der Waals surface area (Å²) in [5.74, 6) is -11.4. The van der Waals surface area contributed by atoms with Crippen LogP contribution in [0, 0.1) is 29.1 Å². The van der Waals surface area contributed by atoms with Crippen molar-refractivity contribution in [1.82, 2.24) is 0 Å². The third-order valence-electron chi connectivity index (χ3n) is 4.40. The maximum absolute atomic E-state index is 14.2. The summed E-state index contributed by atoms with van der Waals surface area (Å²) in [5, 5.41) is 3.84. The summed E-state index contributed by atoms with van der Waals surface area (Å²) in [4.78, 5) is 12.8. The van der Waals surface area contributed by atoms with Crippen LogP contribution in [0.1, 0.15) is 12.5 Å². The largest absolute Gasteiger partial charge is 0.493 e. The van der Waals surface area contributed by atoms with E-state index in [0.717, 1.165) is 0 Å². The first-order valence-electron chi connectivity index (χ1n) is 8.86. The van der Waals surface area contributed by atoms with Gasteiger partial charge >= 0.3 is 0 Å². The highest BCUT2D eigenvalue weighted by atomic mass is 79.9. The molecule has 0 N–H and O–H groups in total. The van der Waals surface area contributed by atoms with Crippen molar-refractivity contribution >= 4 is 39.3 Å². The predicted molar refractivity (Wildman–Crippen MR) is 111 cm³/mol. The topological polar surface area (TPSA) is 51.1 Å². The van der Waals surface area contributed by atoms with Crippen LogP contribution < -0.4 is 14.5 Å². The SMILES string of the molecule is C=CCOc1cc(Br)c(/C=C2/C(=O)N(c3c(F)c(F)c(F)c(F)c3F)N=C2C)cc1OC. The van der Waals surface area contributed by atoms with Crippen molar-refractivity contribution in [3.63, 3.8) is 0 Å². The molecule has 2 aromatic rings. The molecule has 0 unspecified atom stereocenters. The summed E-state index contributed by atoms with van der Waals surface area (Å²) >= 11 is 3.33. The molecule has 1 aliphatic heterocycles. The normalized spacial score (nSPS) is 14.8. The highest BCUT2D eigenvalue weighted by molar-refractivity contribution is 9.10. The number of hydrogen-bond acceptors (Lipinski definition) is 4. The average molecular weight is 517 g/mol. The van der Waals surface area contributed by atoms with Gasteiger partial charge in [0.15, 0.2) is 34.8 Å². The number of hydrogen-bond donors (Lipinski definition) is 0. The second kappa shape index (κ2) is 9.11. The summed E-state index contributed by atoms with van der Waals surface area (Å²) in [6.07, 6.45) is 2.87. The Hall–Kier alpha value is -3.21. The Bertz CT molecular complexity index is 1170. The molecule has 0 bridgehead atoms. The van der Waals surface area contributed by atoms with Gasteiger partial charge in [-0.1, -0.05) is 28.6 Å². The van der Waals surface area contributed by atoms with Crippen LogP contribution in [0.2, 0.25) is 0 Å². The Labute approximate surface area is 187 Å². The standard InChI is InChI=1S/C21H14BrF5N2O3/c1-4-5-32-14-8-12(22)10(7-13(14)31-3)6-11-9(2)28-29(21(11)30)20-18(26)16(24)15(23)17(25)19(20)27/h4,6-8H,1,5H2,2-3H3/b11-6+. The minimum absolute atomic E-state index is 0.00297. The maximum atomic E-state index is 14.2. The van der Waals surface area contributed by atoms with E-state index in [0.29, 0.717) is 21.5 Å². The van der Waals surface area contributed by atoms with Gasteiger partial charge in [0.2, 0.25) is 5.82 Å². The number of rotatable bonds is 6. The predicted octanol–water partition coefficient (Wildman–Crippen LogP) is 5.52. The molecule has 0 saturated carbocycles. The summed E-state index contributed by atoms with van der Waals surface area (Å²) in [7, 11) is 1.40. The van der Waals surface area contributed by atoms with Gasteiger partial charge in [-0.15, -0.1) is 0 Å². The summed E-state index contributed by atoms with van der Waals surface area (Å²) < 4.78 is 80.1. The molecule has 2 aromatic carbocycles.